The summed E-state index contributed by atoms with van der Waals surface area (Å²) in [5, 5.41) is 20.6. The smallest absolute Gasteiger partial charge is 0.283 e. The lowest BCUT2D eigenvalue weighted by molar-refractivity contribution is -0.0819. The molecule has 11 heteroatoms. The monoisotopic (exact) mass is 586 g/mol. The van der Waals surface area contributed by atoms with Crippen LogP contribution in [0.4, 0.5) is 27.6 Å². The Morgan fingerprint density at radius 1 is 1.02 bits per heavy atom. The van der Waals surface area contributed by atoms with Crippen LogP contribution >= 0.6 is 0 Å². The number of nitrogens with zero attached hydrogens (tertiary/aromatic N) is 2. The molecule has 0 spiro atoms. The lowest BCUT2D eigenvalue weighted by Gasteiger charge is -2.40. The first kappa shape index (κ1) is 34.5. The number of hydrogen-bond acceptors (Lipinski definition) is 5. The maximum atomic E-state index is 13.4. The topological polar surface area (TPSA) is 74.8 Å². The number of para-hydroxylation sites is 1. The highest BCUT2D eigenvalue weighted by Gasteiger charge is 2.35. The Labute approximate surface area is 239 Å². The third kappa shape index (κ3) is 10.2. The molecule has 1 atom stereocenters. The van der Waals surface area contributed by atoms with Crippen molar-refractivity contribution in [1.29, 1.82) is 0 Å². The number of aliphatic hydroxyl groups excluding tert-OH is 2. The molecule has 2 aromatic carbocycles. The number of benzene rings is 2. The minimum atomic E-state index is -3.04. The van der Waals surface area contributed by atoms with E-state index in [-0.39, 0.29) is 12.6 Å². The molecule has 1 fully saturated rings. The lowest BCUT2D eigenvalue weighted by Crippen LogP contribution is -2.54. The fraction of sp³-hybridized carbons (Fsp3) is 0.533. The second-order valence-corrected chi connectivity index (χ2v) is 10.2. The van der Waals surface area contributed by atoms with Crippen molar-refractivity contribution in [1.82, 2.24) is 14.8 Å². The maximum Gasteiger partial charge on any atom is 0.283 e. The van der Waals surface area contributed by atoms with Gasteiger partial charge in [-0.3, -0.25) is 14.2 Å². The van der Waals surface area contributed by atoms with Crippen LogP contribution in [-0.4, -0.2) is 89.6 Å². The van der Waals surface area contributed by atoms with E-state index in [0.717, 1.165) is 49.8 Å². The molecule has 41 heavy (non-hydrogen) atoms. The molecule has 0 bridgehead atoms. The number of halogens is 5. The van der Waals surface area contributed by atoms with E-state index in [9.17, 15) is 22.0 Å². The van der Waals surface area contributed by atoms with E-state index in [0.29, 0.717) is 25.5 Å². The van der Waals surface area contributed by atoms with E-state index in [4.69, 9.17) is 10.2 Å². The molecule has 3 heterocycles. The number of anilines is 1. The second-order valence-electron chi connectivity index (χ2n) is 10.2. The number of alkyl halides is 3. The van der Waals surface area contributed by atoms with Crippen molar-refractivity contribution >= 4 is 16.6 Å². The fourth-order valence-corrected chi connectivity index (χ4v) is 5.00. The van der Waals surface area contributed by atoms with Crippen LogP contribution in [0.1, 0.15) is 38.4 Å². The summed E-state index contributed by atoms with van der Waals surface area (Å²) >= 11 is 0. The minimum Gasteiger partial charge on any atom is -0.397 e. The van der Waals surface area contributed by atoms with Gasteiger partial charge in [-0.25, -0.2) is 17.6 Å². The Balaban J connectivity index is 0.000000253. The van der Waals surface area contributed by atoms with Crippen LogP contribution in [0.2, 0.25) is 0 Å². The Bertz CT molecular complexity index is 1170. The first-order valence-electron chi connectivity index (χ1n) is 13.8. The van der Waals surface area contributed by atoms with Crippen LogP contribution < -0.4 is 5.32 Å². The van der Waals surface area contributed by atoms with Gasteiger partial charge in [-0.2, -0.15) is 0 Å². The average molecular weight is 587 g/mol. The number of hydrogen-bond donors (Lipinski definition) is 4. The van der Waals surface area contributed by atoms with E-state index in [2.05, 4.69) is 28.2 Å². The fourth-order valence-electron chi connectivity index (χ4n) is 5.00. The molecule has 230 valence electrons. The minimum absolute atomic E-state index is 0.0409. The molecule has 1 saturated heterocycles. The quantitative estimate of drug-likeness (QED) is 0.272. The van der Waals surface area contributed by atoms with E-state index in [1.807, 2.05) is 25.1 Å². The predicted octanol–water partition coefficient (Wildman–Crippen LogP) is 5.60. The Hall–Kier alpha value is -2.73. The van der Waals surface area contributed by atoms with Crippen molar-refractivity contribution in [3.8, 4) is 0 Å². The number of H-pyrrole nitrogens is 1. The van der Waals surface area contributed by atoms with Crippen LogP contribution in [0, 0.1) is 11.6 Å². The van der Waals surface area contributed by atoms with E-state index < -0.39 is 30.7 Å². The van der Waals surface area contributed by atoms with Gasteiger partial charge in [0, 0.05) is 60.6 Å². The number of likely N-dealkylation sites (tertiary alicyclic amines) is 1. The van der Waals surface area contributed by atoms with Gasteiger partial charge in [0.1, 0.15) is 18.2 Å². The molecule has 0 unspecified atom stereocenters. The summed E-state index contributed by atoms with van der Waals surface area (Å²) in [7, 11) is 0.500. The standard InChI is InChI=1S/C15H18F2N2O.C12H16F2N2.C2H6O.CH3F/c1-10-6-12-11-4-2-3-5-13(11)18-14(12)7-19(10)8-15(16,17)9-20;1-2-3-16-7-12(8-16)15-11-5-9(13)4-10(14)6-11;1-2-3;1-2/h2-5,10,18,20H,6-9H2,1H3;4-6,12,15H,2-3,7-8H2,1H3;3H,2H2,1H3;1H3/t10-;;;/m1.../s1. The van der Waals surface area contributed by atoms with Crippen molar-refractivity contribution < 1.29 is 32.2 Å². The van der Waals surface area contributed by atoms with Gasteiger partial charge < -0.3 is 20.5 Å². The zero-order valence-corrected chi connectivity index (χ0v) is 24.2. The maximum absolute atomic E-state index is 13.4. The van der Waals surface area contributed by atoms with Crippen molar-refractivity contribution in [3.05, 3.63) is 65.4 Å². The molecule has 0 aliphatic carbocycles. The second kappa shape index (κ2) is 16.6. The summed E-state index contributed by atoms with van der Waals surface area (Å²) in [6.07, 6.45) is 1.89. The predicted molar refractivity (Wildman–Crippen MR) is 154 cm³/mol. The zero-order valence-electron chi connectivity index (χ0n) is 24.2. The summed E-state index contributed by atoms with van der Waals surface area (Å²) in [5.74, 6) is -4.11. The number of nitrogens with one attached hydrogen (secondary N) is 2. The highest BCUT2D eigenvalue weighted by atomic mass is 19.3. The molecule has 3 aromatic rings. The summed E-state index contributed by atoms with van der Waals surface area (Å²) in [4.78, 5) is 7.36. The Morgan fingerprint density at radius 3 is 2.22 bits per heavy atom. The number of aliphatic hydroxyl groups is 2. The highest BCUT2D eigenvalue weighted by Crippen LogP contribution is 2.31. The van der Waals surface area contributed by atoms with Gasteiger partial charge in [-0.1, -0.05) is 25.1 Å². The number of fused-ring (bicyclic) bond motifs is 3. The van der Waals surface area contributed by atoms with Gasteiger partial charge >= 0.3 is 0 Å². The van der Waals surface area contributed by atoms with E-state index in [1.54, 1.807) is 11.8 Å². The van der Waals surface area contributed by atoms with Crippen molar-refractivity contribution in [2.45, 2.75) is 58.2 Å². The lowest BCUT2D eigenvalue weighted by atomic mass is 9.97. The van der Waals surface area contributed by atoms with Crippen LogP contribution in [-0.2, 0) is 13.0 Å². The first-order valence-corrected chi connectivity index (χ1v) is 13.8. The molecule has 4 N–H and O–H groups in total. The summed E-state index contributed by atoms with van der Waals surface area (Å²) in [6.45, 7) is 7.99. The molecule has 0 radical (unpaired) electrons. The Morgan fingerprint density at radius 2 is 1.63 bits per heavy atom. The first-order chi connectivity index (χ1) is 19.6. The van der Waals surface area contributed by atoms with Crippen LogP contribution in [0.3, 0.4) is 0 Å². The van der Waals surface area contributed by atoms with Gasteiger partial charge in [0.15, 0.2) is 0 Å². The zero-order chi connectivity index (χ0) is 30.6. The SMILES string of the molecule is CCCN1CC(Nc2cc(F)cc(F)c2)C1.CCO.CF.C[C@@H]1Cc2c([nH]c3ccccc23)CN1CC(F)(F)CO. The van der Waals surface area contributed by atoms with Crippen LogP contribution in [0.15, 0.2) is 42.5 Å². The third-order valence-corrected chi connectivity index (χ3v) is 6.78. The number of rotatable bonds is 7. The molecule has 6 nitrogen and oxygen atoms in total. The highest BCUT2D eigenvalue weighted by molar-refractivity contribution is 5.84. The summed E-state index contributed by atoms with van der Waals surface area (Å²) in [5.41, 5.74) is 3.83. The number of aromatic amines is 1. The molecule has 2 aliphatic heterocycles. The van der Waals surface area contributed by atoms with Gasteiger partial charge in [-0.15, -0.1) is 0 Å². The van der Waals surface area contributed by atoms with Crippen LogP contribution in [0.5, 0.6) is 0 Å². The van der Waals surface area contributed by atoms with Crippen molar-refractivity contribution in [2.24, 2.45) is 0 Å². The Kier molecular flexibility index (Phi) is 14.0. The van der Waals surface area contributed by atoms with Gasteiger partial charge in [0.25, 0.3) is 5.92 Å². The van der Waals surface area contributed by atoms with Gasteiger partial charge in [0.05, 0.1) is 19.8 Å². The molecule has 5 rings (SSSR count). The molecular weight excluding hydrogens is 543 g/mol. The third-order valence-electron chi connectivity index (χ3n) is 6.78. The van der Waals surface area contributed by atoms with Gasteiger partial charge in [0.2, 0.25) is 0 Å². The summed E-state index contributed by atoms with van der Waals surface area (Å²) < 4.78 is 62.1. The van der Waals surface area contributed by atoms with Crippen molar-refractivity contribution in [2.75, 3.05) is 51.9 Å². The normalized spacial score (nSPS) is 17.2. The van der Waals surface area contributed by atoms with Gasteiger partial charge in [-0.05, 0) is 57.0 Å². The largest absolute Gasteiger partial charge is 0.397 e. The van der Waals surface area contributed by atoms with E-state index in [1.165, 1.54) is 23.1 Å². The van der Waals surface area contributed by atoms with Crippen LogP contribution in [0.25, 0.3) is 10.9 Å². The molecule has 1 aromatic heterocycles. The molecular formula is C30H43F5N4O2. The molecule has 0 amide bonds. The molecule has 0 saturated carbocycles. The number of aromatic nitrogens is 1. The van der Waals surface area contributed by atoms with E-state index >= 15 is 0 Å². The summed E-state index contributed by atoms with van der Waals surface area (Å²) in [6, 6.07) is 11.9. The average Bonchev–Trinajstić information content (AvgIpc) is 3.26. The molecule has 2 aliphatic rings. The van der Waals surface area contributed by atoms with Crippen molar-refractivity contribution in [3.63, 3.8) is 0 Å².